The number of ether oxygens (including phenoxy) is 1. The molecule has 0 spiro atoms. The van der Waals surface area contributed by atoms with Gasteiger partial charge in [-0.25, -0.2) is 4.79 Å². The smallest absolute Gasteiger partial charge is 0.407 e. The van der Waals surface area contributed by atoms with Gasteiger partial charge in [-0.1, -0.05) is 12.1 Å². The molecule has 0 saturated heterocycles. The Bertz CT molecular complexity index is 392. The fourth-order valence-electron chi connectivity index (χ4n) is 1.15. The predicted octanol–water partition coefficient (Wildman–Crippen LogP) is 1.84. The van der Waals surface area contributed by atoms with Gasteiger partial charge in [0, 0.05) is 12.6 Å². The third kappa shape index (κ3) is 3.23. The molecular formula is C10H12N2O4. The van der Waals surface area contributed by atoms with Crippen LogP contribution < -0.4 is 5.32 Å². The number of nitro benzene ring substituents is 1. The van der Waals surface area contributed by atoms with Gasteiger partial charge in [0.1, 0.15) is 6.61 Å². The molecule has 1 amide bonds. The fraction of sp³-hybridized carbons (Fsp3) is 0.300. The molecule has 16 heavy (non-hydrogen) atoms. The van der Waals surface area contributed by atoms with Gasteiger partial charge in [-0.05, 0) is 13.0 Å². The third-order valence-electron chi connectivity index (χ3n) is 1.87. The Hall–Kier alpha value is -2.11. The molecule has 6 heteroatoms. The number of carbonyl (C=O) groups is 1. The van der Waals surface area contributed by atoms with Crippen LogP contribution in [0.4, 0.5) is 10.5 Å². The van der Waals surface area contributed by atoms with Crippen LogP contribution in [-0.4, -0.2) is 17.6 Å². The molecule has 1 N–H and O–H groups in total. The van der Waals surface area contributed by atoms with E-state index < -0.39 is 11.0 Å². The SMILES string of the molecule is CCNC(=O)OCc1ccccc1[N+](=O)[O-]. The average Bonchev–Trinajstić information content (AvgIpc) is 2.27. The van der Waals surface area contributed by atoms with Crippen LogP contribution in [0.5, 0.6) is 0 Å². The zero-order valence-electron chi connectivity index (χ0n) is 8.80. The van der Waals surface area contributed by atoms with E-state index in [1.54, 1.807) is 25.1 Å². The number of benzene rings is 1. The summed E-state index contributed by atoms with van der Waals surface area (Å²) in [6, 6.07) is 6.14. The van der Waals surface area contributed by atoms with Crippen molar-refractivity contribution in [2.45, 2.75) is 13.5 Å². The first kappa shape index (κ1) is 12.0. The second kappa shape index (κ2) is 5.69. The first-order valence-electron chi connectivity index (χ1n) is 4.78. The Morgan fingerprint density at radius 2 is 2.19 bits per heavy atom. The van der Waals surface area contributed by atoms with Crippen LogP contribution in [0, 0.1) is 10.1 Å². The highest BCUT2D eigenvalue weighted by molar-refractivity contribution is 5.67. The maximum absolute atomic E-state index is 11.0. The Morgan fingerprint density at radius 3 is 2.81 bits per heavy atom. The lowest BCUT2D eigenvalue weighted by molar-refractivity contribution is -0.385. The van der Waals surface area contributed by atoms with Crippen LogP contribution >= 0.6 is 0 Å². The molecule has 0 heterocycles. The zero-order chi connectivity index (χ0) is 12.0. The summed E-state index contributed by atoms with van der Waals surface area (Å²) in [6.07, 6.45) is -0.583. The summed E-state index contributed by atoms with van der Waals surface area (Å²) in [6.45, 7) is 2.10. The van der Waals surface area contributed by atoms with Gasteiger partial charge in [0.25, 0.3) is 5.69 Å². The van der Waals surface area contributed by atoms with Crippen molar-refractivity contribution >= 4 is 11.8 Å². The summed E-state index contributed by atoms with van der Waals surface area (Å²) in [5.74, 6) is 0. The largest absolute Gasteiger partial charge is 0.444 e. The van der Waals surface area contributed by atoms with Crippen LogP contribution in [0.25, 0.3) is 0 Å². The van der Waals surface area contributed by atoms with E-state index in [0.717, 1.165) is 0 Å². The van der Waals surface area contributed by atoms with Gasteiger partial charge in [0.2, 0.25) is 0 Å². The summed E-state index contributed by atoms with van der Waals surface area (Å²) in [7, 11) is 0. The van der Waals surface area contributed by atoms with E-state index in [1.807, 2.05) is 0 Å². The van der Waals surface area contributed by atoms with Crippen LogP contribution in [0.2, 0.25) is 0 Å². The van der Waals surface area contributed by atoms with E-state index in [0.29, 0.717) is 12.1 Å². The molecule has 0 fully saturated rings. The summed E-state index contributed by atoms with van der Waals surface area (Å²) in [5.41, 5.74) is 0.325. The number of rotatable bonds is 4. The van der Waals surface area contributed by atoms with Gasteiger partial charge in [-0.15, -0.1) is 0 Å². The first-order valence-corrected chi connectivity index (χ1v) is 4.78. The Balaban J connectivity index is 2.66. The van der Waals surface area contributed by atoms with E-state index in [1.165, 1.54) is 6.07 Å². The Kier molecular flexibility index (Phi) is 4.26. The van der Waals surface area contributed by atoms with Crippen molar-refractivity contribution in [3.05, 3.63) is 39.9 Å². The third-order valence-corrected chi connectivity index (χ3v) is 1.87. The van der Waals surface area contributed by atoms with Crippen molar-refractivity contribution in [2.75, 3.05) is 6.54 Å². The van der Waals surface area contributed by atoms with Crippen LogP contribution in [0.3, 0.4) is 0 Å². The van der Waals surface area contributed by atoms with Crippen molar-refractivity contribution in [3.63, 3.8) is 0 Å². The second-order valence-electron chi connectivity index (χ2n) is 2.99. The molecule has 0 saturated carbocycles. The molecule has 0 bridgehead atoms. The van der Waals surface area contributed by atoms with Gasteiger partial charge in [-0.3, -0.25) is 10.1 Å². The highest BCUT2D eigenvalue weighted by atomic mass is 16.6. The number of amides is 1. The number of nitro groups is 1. The van der Waals surface area contributed by atoms with Crippen molar-refractivity contribution in [2.24, 2.45) is 0 Å². The van der Waals surface area contributed by atoms with E-state index >= 15 is 0 Å². The summed E-state index contributed by atoms with van der Waals surface area (Å²) >= 11 is 0. The minimum Gasteiger partial charge on any atom is -0.444 e. The van der Waals surface area contributed by atoms with Crippen LogP contribution in [-0.2, 0) is 11.3 Å². The monoisotopic (exact) mass is 224 g/mol. The van der Waals surface area contributed by atoms with Crippen LogP contribution in [0.15, 0.2) is 24.3 Å². The number of nitrogens with zero attached hydrogens (tertiary/aromatic N) is 1. The van der Waals surface area contributed by atoms with Gasteiger partial charge in [0.05, 0.1) is 10.5 Å². The number of carbonyl (C=O) groups excluding carboxylic acids is 1. The molecule has 1 aromatic rings. The molecule has 1 rings (SSSR count). The van der Waals surface area contributed by atoms with E-state index in [4.69, 9.17) is 4.74 Å². The fourth-order valence-corrected chi connectivity index (χ4v) is 1.15. The lowest BCUT2D eigenvalue weighted by Gasteiger charge is -2.05. The van der Waals surface area contributed by atoms with E-state index in [-0.39, 0.29) is 12.3 Å². The minimum absolute atomic E-state index is 0.0493. The lowest BCUT2D eigenvalue weighted by Crippen LogP contribution is -2.23. The number of alkyl carbamates (subject to hydrolysis) is 1. The molecule has 0 unspecified atom stereocenters. The molecule has 0 aromatic heterocycles. The van der Waals surface area contributed by atoms with Crippen LogP contribution in [0.1, 0.15) is 12.5 Å². The number of para-hydroxylation sites is 1. The number of hydrogen-bond donors (Lipinski definition) is 1. The topological polar surface area (TPSA) is 81.5 Å². The summed E-state index contributed by atoms with van der Waals surface area (Å²) < 4.78 is 4.80. The zero-order valence-corrected chi connectivity index (χ0v) is 8.80. The van der Waals surface area contributed by atoms with Gasteiger partial charge in [0.15, 0.2) is 0 Å². The number of hydrogen-bond acceptors (Lipinski definition) is 4. The summed E-state index contributed by atoms with van der Waals surface area (Å²) in [4.78, 5) is 21.1. The highest BCUT2D eigenvalue weighted by Gasteiger charge is 2.13. The van der Waals surface area contributed by atoms with E-state index in [2.05, 4.69) is 5.32 Å². The molecule has 0 aliphatic rings. The molecule has 0 aliphatic heterocycles. The maximum Gasteiger partial charge on any atom is 0.407 e. The summed E-state index contributed by atoms with van der Waals surface area (Å²) in [5, 5.41) is 13.1. The average molecular weight is 224 g/mol. The highest BCUT2D eigenvalue weighted by Crippen LogP contribution is 2.18. The Morgan fingerprint density at radius 1 is 1.50 bits per heavy atom. The van der Waals surface area contributed by atoms with Crippen molar-refractivity contribution in [1.29, 1.82) is 0 Å². The molecule has 1 aromatic carbocycles. The Labute approximate surface area is 92.4 Å². The van der Waals surface area contributed by atoms with E-state index in [9.17, 15) is 14.9 Å². The lowest BCUT2D eigenvalue weighted by atomic mass is 10.2. The predicted molar refractivity (Wildman–Crippen MR) is 57.0 cm³/mol. The molecule has 6 nitrogen and oxygen atoms in total. The molecule has 0 atom stereocenters. The standard InChI is InChI=1S/C10H12N2O4/c1-2-11-10(13)16-7-8-5-3-4-6-9(8)12(14)15/h3-6H,2,7H2,1H3,(H,11,13). The molecule has 0 aliphatic carbocycles. The first-order chi connectivity index (χ1) is 7.65. The maximum atomic E-state index is 11.0. The van der Waals surface area contributed by atoms with Crippen molar-refractivity contribution in [3.8, 4) is 0 Å². The van der Waals surface area contributed by atoms with Crippen molar-refractivity contribution < 1.29 is 14.5 Å². The molecule has 86 valence electrons. The van der Waals surface area contributed by atoms with Crippen molar-refractivity contribution in [1.82, 2.24) is 5.32 Å². The molecule has 0 radical (unpaired) electrons. The normalized spacial score (nSPS) is 9.56. The quantitative estimate of drug-likeness (QED) is 0.625. The van der Waals surface area contributed by atoms with Gasteiger partial charge < -0.3 is 10.1 Å². The van der Waals surface area contributed by atoms with Gasteiger partial charge >= 0.3 is 6.09 Å². The van der Waals surface area contributed by atoms with Gasteiger partial charge in [-0.2, -0.15) is 0 Å². The number of nitrogens with one attached hydrogen (secondary N) is 1. The second-order valence-corrected chi connectivity index (χ2v) is 2.99. The minimum atomic E-state index is -0.583. The molecular weight excluding hydrogens is 212 g/mol.